The van der Waals surface area contributed by atoms with E-state index in [0.717, 1.165) is 4.31 Å². The van der Waals surface area contributed by atoms with Crippen molar-refractivity contribution < 1.29 is 17.9 Å². The molecule has 1 heterocycles. The second-order valence-corrected chi connectivity index (χ2v) is 9.98. The van der Waals surface area contributed by atoms with Crippen LogP contribution in [0, 0.1) is 0 Å². The molecular formula is C22H19N3O4S2. The molecular weight excluding hydrogens is 434 g/mol. The standard InChI is InChI=1S/C22H19N3O4S2/c1-25(2)31(27,28)16-12-13-18-20(14-16)30-22(23-18)24-21(26)17-10-6-7-11-19(17)29-15-8-4-3-5-9-15/h3-14H,1-2H3,(H,23,24,26). The average molecular weight is 454 g/mol. The van der Waals surface area contributed by atoms with Crippen LogP contribution in [0.1, 0.15) is 10.4 Å². The summed E-state index contributed by atoms with van der Waals surface area (Å²) in [6.07, 6.45) is 0. The average Bonchev–Trinajstić information content (AvgIpc) is 3.16. The van der Waals surface area contributed by atoms with Crippen LogP contribution in [-0.2, 0) is 10.0 Å². The van der Waals surface area contributed by atoms with Gasteiger partial charge in [-0.3, -0.25) is 10.1 Å². The summed E-state index contributed by atoms with van der Waals surface area (Å²) < 4.78 is 32.4. The summed E-state index contributed by atoms with van der Waals surface area (Å²) in [5.74, 6) is 0.677. The number of para-hydroxylation sites is 2. The molecule has 0 aliphatic heterocycles. The van der Waals surface area contributed by atoms with E-state index >= 15 is 0 Å². The van der Waals surface area contributed by atoms with Gasteiger partial charge in [0.2, 0.25) is 10.0 Å². The van der Waals surface area contributed by atoms with Crippen molar-refractivity contribution in [2.75, 3.05) is 19.4 Å². The van der Waals surface area contributed by atoms with Crippen LogP contribution in [-0.4, -0.2) is 37.7 Å². The van der Waals surface area contributed by atoms with Gasteiger partial charge < -0.3 is 4.74 Å². The van der Waals surface area contributed by atoms with Crippen LogP contribution in [0.3, 0.4) is 0 Å². The highest BCUT2D eigenvalue weighted by Gasteiger charge is 2.19. The van der Waals surface area contributed by atoms with Gasteiger partial charge in [0, 0.05) is 14.1 Å². The van der Waals surface area contributed by atoms with Gasteiger partial charge in [0.15, 0.2) is 5.13 Å². The van der Waals surface area contributed by atoms with Crippen molar-refractivity contribution in [3.05, 3.63) is 78.4 Å². The molecule has 0 spiro atoms. The van der Waals surface area contributed by atoms with Crippen LogP contribution in [0.2, 0.25) is 0 Å². The highest BCUT2D eigenvalue weighted by atomic mass is 32.2. The van der Waals surface area contributed by atoms with Crippen molar-refractivity contribution in [1.29, 1.82) is 0 Å². The largest absolute Gasteiger partial charge is 0.457 e. The monoisotopic (exact) mass is 453 g/mol. The third-order valence-corrected chi connectivity index (χ3v) is 7.21. The smallest absolute Gasteiger partial charge is 0.261 e. The number of amides is 1. The van der Waals surface area contributed by atoms with Crippen LogP contribution < -0.4 is 10.1 Å². The highest BCUT2D eigenvalue weighted by molar-refractivity contribution is 7.89. The molecule has 158 valence electrons. The summed E-state index contributed by atoms with van der Waals surface area (Å²) in [5, 5.41) is 3.15. The Labute approximate surface area is 184 Å². The molecule has 4 rings (SSSR count). The molecule has 7 nitrogen and oxygen atoms in total. The number of sulfonamides is 1. The van der Waals surface area contributed by atoms with E-state index in [0.29, 0.717) is 32.4 Å². The summed E-state index contributed by atoms with van der Waals surface area (Å²) in [6.45, 7) is 0. The predicted octanol–water partition coefficient (Wildman–Crippen LogP) is 4.59. The molecule has 1 aromatic heterocycles. The van der Waals surface area contributed by atoms with Gasteiger partial charge >= 0.3 is 0 Å². The van der Waals surface area contributed by atoms with Crippen LogP contribution >= 0.6 is 11.3 Å². The number of thiazole rings is 1. The van der Waals surface area contributed by atoms with Gasteiger partial charge in [-0.2, -0.15) is 0 Å². The zero-order chi connectivity index (χ0) is 22.0. The van der Waals surface area contributed by atoms with E-state index in [4.69, 9.17) is 4.74 Å². The Kier molecular flexibility index (Phi) is 5.73. The maximum absolute atomic E-state index is 12.9. The topological polar surface area (TPSA) is 88.6 Å². The number of hydrogen-bond acceptors (Lipinski definition) is 6. The van der Waals surface area contributed by atoms with E-state index in [1.54, 1.807) is 36.4 Å². The SMILES string of the molecule is CN(C)S(=O)(=O)c1ccc2nc(NC(=O)c3ccccc3Oc3ccccc3)sc2c1. The lowest BCUT2D eigenvalue weighted by Crippen LogP contribution is -2.22. The lowest BCUT2D eigenvalue weighted by atomic mass is 10.2. The van der Waals surface area contributed by atoms with Crippen molar-refractivity contribution in [3.8, 4) is 11.5 Å². The van der Waals surface area contributed by atoms with Crippen LogP contribution in [0.15, 0.2) is 77.7 Å². The molecule has 0 aliphatic carbocycles. The molecule has 9 heteroatoms. The number of fused-ring (bicyclic) bond motifs is 1. The molecule has 31 heavy (non-hydrogen) atoms. The third-order valence-electron chi connectivity index (χ3n) is 4.46. The number of rotatable bonds is 6. The Balaban J connectivity index is 1.59. The molecule has 0 aliphatic rings. The van der Waals surface area contributed by atoms with E-state index in [9.17, 15) is 13.2 Å². The van der Waals surface area contributed by atoms with E-state index < -0.39 is 10.0 Å². The lowest BCUT2D eigenvalue weighted by Gasteiger charge is -2.10. The Bertz CT molecular complexity index is 1350. The fourth-order valence-corrected chi connectivity index (χ4v) is 4.76. The summed E-state index contributed by atoms with van der Waals surface area (Å²) in [5.41, 5.74) is 0.966. The summed E-state index contributed by atoms with van der Waals surface area (Å²) >= 11 is 1.21. The number of ether oxygens (including phenoxy) is 1. The van der Waals surface area contributed by atoms with Gasteiger partial charge in [-0.25, -0.2) is 17.7 Å². The van der Waals surface area contributed by atoms with Crippen molar-refractivity contribution in [2.45, 2.75) is 4.90 Å². The second kappa shape index (κ2) is 8.46. The first-order valence-corrected chi connectivity index (χ1v) is 11.6. The first-order valence-electron chi connectivity index (χ1n) is 9.31. The molecule has 0 saturated heterocycles. The first-order chi connectivity index (χ1) is 14.8. The normalized spacial score (nSPS) is 11.6. The zero-order valence-corrected chi connectivity index (χ0v) is 18.4. The number of benzene rings is 3. The van der Waals surface area contributed by atoms with E-state index in [-0.39, 0.29) is 10.8 Å². The summed E-state index contributed by atoms with van der Waals surface area (Å²) in [4.78, 5) is 17.5. The van der Waals surface area contributed by atoms with Gasteiger partial charge in [0.05, 0.1) is 20.7 Å². The second-order valence-electron chi connectivity index (χ2n) is 6.80. The van der Waals surface area contributed by atoms with Gasteiger partial charge in [0.1, 0.15) is 11.5 Å². The van der Waals surface area contributed by atoms with E-state index in [1.165, 1.54) is 31.5 Å². The maximum Gasteiger partial charge on any atom is 0.261 e. The zero-order valence-electron chi connectivity index (χ0n) is 16.8. The van der Waals surface area contributed by atoms with Gasteiger partial charge in [-0.15, -0.1) is 0 Å². The molecule has 1 amide bonds. The van der Waals surface area contributed by atoms with E-state index in [2.05, 4.69) is 10.3 Å². The minimum absolute atomic E-state index is 0.174. The van der Waals surface area contributed by atoms with Crippen LogP contribution in [0.25, 0.3) is 10.2 Å². The maximum atomic E-state index is 12.9. The Morgan fingerprint density at radius 1 is 1.00 bits per heavy atom. The number of hydrogen-bond donors (Lipinski definition) is 1. The van der Waals surface area contributed by atoms with Crippen LogP contribution in [0.5, 0.6) is 11.5 Å². The number of nitrogens with zero attached hydrogens (tertiary/aromatic N) is 2. The number of nitrogens with one attached hydrogen (secondary N) is 1. The highest BCUT2D eigenvalue weighted by Crippen LogP contribution is 2.30. The van der Waals surface area contributed by atoms with Gasteiger partial charge in [-0.1, -0.05) is 41.7 Å². The molecule has 0 atom stereocenters. The van der Waals surface area contributed by atoms with Gasteiger partial charge in [-0.05, 0) is 42.5 Å². The van der Waals surface area contributed by atoms with Crippen molar-refractivity contribution in [1.82, 2.24) is 9.29 Å². The minimum atomic E-state index is -3.55. The predicted molar refractivity (Wildman–Crippen MR) is 121 cm³/mol. The quantitative estimate of drug-likeness (QED) is 0.461. The number of anilines is 1. The molecule has 3 aromatic carbocycles. The molecule has 4 aromatic rings. The van der Waals surface area contributed by atoms with Crippen molar-refractivity contribution >= 4 is 42.6 Å². The Morgan fingerprint density at radius 3 is 2.45 bits per heavy atom. The minimum Gasteiger partial charge on any atom is -0.457 e. The fourth-order valence-electron chi connectivity index (χ4n) is 2.85. The number of carbonyl (C=O) groups excluding carboxylic acids is 1. The van der Waals surface area contributed by atoms with E-state index in [1.807, 2.05) is 30.3 Å². The van der Waals surface area contributed by atoms with Crippen molar-refractivity contribution in [3.63, 3.8) is 0 Å². The Hall–Kier alpha value is -3.27. The first kappa shape index (κ1) is 21.0. The summed E-state index contributed by atoms with van der Waals surface area (Å²) in [6, 6.07) is 20.8. The van der Waals surface area contributed by atoms with Crippen LogP contribution in [0.4, 0.5) is 5.13 Å². The molecule has 0 saturated carbocycles. The fraction of sp³-hybridized carbons (Fsp3) is 0.0909. The third kappa shape index (κ3) is 4.43. The molecule has 0 unspecified atom stereocenters. The Morgan fingerprint density at radius 2 is 1.71 bits per heavy atom. The van der Waals surface area contributed by atoms with Crippen molar-refractivity contribution in [2.24, 2.45) is 0 Å². The number of aromatic nitrogens is 1. The van der Waals surface area contributed by atoms with Gasteiger partial charge in [0.25, 0.3) is 5.91 Å². The summed E-state index contributed by atoms with van der Waals surface area (Å²) in [7, 11) is -0.594. The lowest BCUT2D eigenvalue weighted by molar-refractivity contribution is 0.102. The molecule has 0 bridgehead atoms. The molecule has 0 radical (unpaired) electrons. The number of carbonyl (C=O) groups is 1. The molecule has 0 fully saturated rings. The molecule has 1 N–H and O–H groups in total.